The van der Waals surface area contributed by atoms with E-state index in [4.69, 9.17) is 0 Å². The Kier molecular flexibility index (Phi) is 5.34. The molecular weight excluding hydrogens is 302 g/mol. The number of aromatic nitrogens is 1. The summed E-state index contributed by atoms with van der Waals surface area (Å²) < 4.78 is 0. The summed E-state index contributed by atoms with van der Waals surface area (Å²) in [6.07, 6.45) is 3.19. The van der Waals surface area contributed by atoms with Crippen LogP contribution in [0, 0.1) is 5.41 Å². The molecule has 1 atom stereocenters. The number of amides is 2. The number of nitrogens with one attached hydrogen (secondary N) is 2. The fourth-order valence-corrected chi connectivity index (χ4v) is 2.01. The van der Waals surface area contributed by atoms with Crippen LogP contribution in [0.3, 0.4) is 0 Å². The van der Waals surface area contributed by atoms with Gasteiger partial charge in [-0.25, -0.2) is 0 Å². The summed E-state index contributed by atoms with van der Waals surface area (Å²) in [6.45, 7) is 8.12. The summed E-state index contributed by atoms with van der Waals surface area (Å²) in [5.74, 6) is -0.591. The summed E-state index contributed by atoms with van der Waals surface area (Å²) in [7, 11) is 0. The lowest BCUT2D eigenvalue weighted by atomic mass is 9.88. The number of carbonyl (C=O) groups excluding carboxylic acids is 2. The van der Waals surface area contributed by atoms with Crippen LogP contribution in [0.25, 0.3) is 0 Å². The van der Waals surface area contributed by atoms with E-state index in [1.54, 1.807) is 48.8 Å². The average molecular weight is 325 g/mol. The zero-order valence-corrected chi connectivity index (χ0v) is 14.5. The predicted molar refractivity (Wildman–Crippen MR) is 95.0 cm³/mol. The fraction of sp³-hybridized carbons (Fsp3) is 0.316. The van der Waals surface area contributed by atoms with E-state index in [0.29, 0.717) is 16.8 Å². The monoisotopic (exact) mass is 325 g/mol. The first kappa shape index (κ1) is 17.7. The van der Waals surface area contributed by atoms with Crippen LogP contribution in [0.2, 0.25) is 0 Å². The van der Waals surface area contributed by atoms with Crippen molar-refractivity contribution < 1.29 is 9.59 Å². The zero-order valence-electron chi connectivity index (χ0n) is 14.5. The molecule has 0 saturated carbocycles. The number of hydrogen-bond acceptors (Lipinski definition) is 3. The molecule has 2 N–H and O–H groups in total. The van der Waals surface area contributed by atoms with Crippen molar-refractivity contribution in [3.8, 4) is 0 Å². The van der Waals surface area contributed by atoms with Crippen LogP contribution in [0.1, 0.15) is 48.4 Å². The fourth-order valence-electron chi connectivity index (χ4n) is 2.01. The second-order valence-electron chi connectivity index (χ2n) is 6.80. The molecular formula is C19H23N3O2. The van der Waals surface area contributed by atoms with Gasteiger partial charge in [0.25, 0.3) is 11.8 Å². The van der Waals surface area contributed by atoms with Crippen LogP contribution in [-0.4, -0.2) is 22.8 Å². The summed E-state index contributed by atoms with van der Waals surface area (Å²) in [6, 6.07) is 10.2. The largest absolute Gasteiger partial charge is 0.349 e. The van der Waals surface area contributed by atoms with Gasteiger partial charge in [-0.05, 0) is 36.6 Å². The van der Waals surface area contributed by atoms with Crippen LogP contribution >= 0.6 is 0 Å². The van der Waals surface area contributed by atoms with Crippen LogP contribution in [0.4, 0.5) is 5.69 Å². The number of carbonyl (C=O) groups is 2. The minimum atomic E-state index is -0.336. The summed E-state index contributed by atoms with van der Waals surface area (Å²) in [5.41, 5.74) is 1.21. The number of hydrogen-bond donors (Lipinski definition) is 2. The van der Waals surface area contributed by atoms with E-state index in [0.717, 1.165) is 0 Å². The van der Waals surface area contributed by atoms with E-state index in [1.165, 1.54) is 0 Å². The molecule has 5 heteroatoms. The Labute approximate surface area is 142 Å². The highest BCUT2D eigenvalue weighted by Gasteiger charge is 2.24. The molecule has 0 aliphatic carbocycles. The molecule has 0 spiro atoms. The molecule has 1 aromatic carbocycles. The van der Waals surface area contributed by atoms with Crippen molar-refractivity contribution in [1.29, 1.82) is 0 Å². The second kappa shape index (κ2) is 7.25. The maximum absolute atomic E-state index is 12.6. The van der Waals surface area contributed by atoms with Crippen LogP contribution < -0.4 is 10.6 Å². The lowest BCUT2D eigenvalue weighted by Crippen LogP contribution is -2.42. The molecule has 24 heavy (non-hydrogen) atoms. The standard InChI is InChI=1S/C19H23N3O2/c1-13(19(2,3)4)21-17(23)15-9-5-6-10-16(15)18(24)22-14-8-7-11-20-12-14/h5-13H,1-4H3,(H,21,23)(H,22,24). The Morgan fingerprint density at radius 1 is 1.00 bits per heavy atom. The van der Waals surface area contributed by atoms with Gasteiger partial charge in [0.2, 0.25) is 0 Å². The molecule has 0 aliphatic heterocycles. The van der Waals surface area contributed by atoms with Crippen molar-refractivity contribution in [1.82, 2.24) is 10.3 Å². The van der Waals surface area contributed by atoms with Gasteiger partial charge in [-0.2, -0.15) is 0 Å². The van der Waals surface area contributed by atoms with Crippen molar-refractivity contribution in [2.24, 2.45) is 5.41 Å². The predicted octanol–water partition coefficient (Wildman–Crippen LogP) is 3.50. The van der Waals surface area contributed by atoms with Gasteiger partial charge < -0.3 is 10.6 Å². The third-order valence-corrected chi connectivity index (χ3v) is 3.98. The highest BCUT2D eigenvalue weighted by atomic mass is 16.2. The molecule has 126 valence electrons. The van der Waals surface area contributed by atoms with E-state index in [-0.39, 0.29) is 23.3 Å². The SMILES string of the molecule is CC(NC(=O)c1ccccc1C(=O)Nc1cccnc1)C(C)(C)C. The van der Waals surface area contributed by atoms with Crippen molar-refractivity contribution in [2.45, 2.75) is 33.7 Å². The number of benzene rings is 1. The van der Waals surface area contributed by atoms with Gasteiger partial charge >= 0.3 is 0 Å². The third-order valence-electron chi connectivity index (χ3n) is 3.98. The summed E-state index contributed by atoms with van der Waals surface area (Å²) in [4.78, 5) is 29.0. The van der Waals surface area contributed by atoms with Gasteiger partial charge in [0, 0.05) is 12.2 Å². The van der Waals surface area contributed by atoms with Gasteiger partial charge in [-0.1, -0.05) is 32.9 Å². The van der Waals surface area contributed by atoms with Crippen molar-refractivity contribution >= 4 is 17.5 Å². The van der Waals surface area contributed by atoms with E-state index < -0.39 is 0 Å². The van der Waals surface area contributed by atoms with Crippen LogP contribution in [0.15, 0.2) is 48.8 Å². The first-order valence-corrected chi connectivity index (χ1v) is 7.90. The average Bonchev–Trinajstić information content (AvgIpc) is 2.54. The maximum atomic E-state index is 12.6. The Hall–Kier alpha value is -2.69. The first-order chi connectivity index (χ1) is 11.3. The molecule has 1 unspecified atom stereocenters. The number of nitrogens with zero attached hydrogens (tertiary/aromatic N) is 1. The Balaban J connectivity index is 2.21. The lowest BCUT2D eigenvalue weighted by Gasteiger charge is -2.28. The van der Waals surface area contributed by atoms with Gasteiger partial charge in [0.05, 0.1) is 23.0 Å². The number of anilines is 1. The minimum absolute atomic E-state index is 0.0283. The molecule has 2 rings (SSSR count). The van der Waals surface area contributed by atoms with E-state index in [9.17, 15) is 9.59 Å². The minimum Gasteiger partial charge on any atom is -0.349 e. The lowest BCUT2D eigenvalue weighted by molar-refractivity contribution is 0.0901. The van der Waals surface area contributed by atoms with Gasteiger partial charge in [0.1, 0.15) is 0 Å². The van der Waals surface area contributed by atoms with Gasteiger partial charge in [-0.15, -0.1) is 0 Å². The summed E-state index contributed by atoms with van der Waals surface area (Å²) in [5, 5.41) is 5.72. The smallest absolute Gasteiger partial charge is 0.256 e. The van der Waals surface area contributed by atoms with Crippen LogP contribution in [0.5, 0.6) is 0 Å². The molecule has 2 amide bonds. The van der Waals surface area contributed by atoms with E-state index in [2.05, 4.69) is 36.4 Å². The second-order valence-corrected chi connectivity index (χ2v) is 6.80. The van der Waals surface area contributed by atoms with Gasteiger partial charge in [0.15, 0.2) is 0 Å². The quantitative estimate of drug-likeness (QED) is 0.904. The third kappa shape index (κ3) is 4.41. The van der Waals surface area contributed by atoms with Crippen LogP contribution in [-0.2, 0) is 0 Å². The van der Waals surface area contributed by atoms with E-state index in [1.807, 2.05) is 6.92 Å². The Morgan fingerprint density at radius 2 is 1.62 bits per heavy atom. The normalized spacial score (nSPS) is 12.3. The topological polar surface area (TPSA) is 71.1 Å². The van der Waals surface area contributed by atoms with Gasteiger partial charge in [-0.3, -0.25) is 14.6 Å². The molecule has 0 saturated heterocycles. The molecule has 1 heterocycles. The maximum Gasteiger partial charge on any atom is 0.256 e. The molecule has 2 aromatic rings. The first-order valence-electron chi connectivity index (χ1n) is 7.90. The van der Waals surface area contributed by atoms with Crippen molar-refractivity contribution in [3.05, 3.63) is 59.9 Å². The highest BCUT2D eigenvalue weighted by molar-refractivity contribution is 6.12. The molecule has 0 aliphatic rings. The number of rotatable bonds is 4. The number of pyridine rings is 1. The summed E-state index contributed by atoms with van der Waals surface area (Å²) >= 11 is 0. The Bertz CT molecular complexity index is 721. The van der Waals surface area contributed by atoms with Crippen molar-refractivity contribution in [3.63, 3.8) is 0 Å². The zero-order chi connectivity index (χ0) is 17.7. The van der Waals surface area contributed by atoms with E-state index >= 15 is 0 Å². The molecule has 5 nitrogen and oxygen atoms in total. The molecule has 0 fully saturated rings. The molecule has 0 bridgehead atoms. The molecule has 1 aromatic heterocycles. The van der Waals surface area contributed by atoms with Crippen molar-refractivity contribution in [2.75, 3.05) is 5.32 Å². The Morgan fingerprint density at radius 3 is 2.17 bits per heavy atom. The molecule has 0 radical (unpaired) electrons. The highest BCUT2D eigenvalue weighted by Crippen LogP contribution is 2.20.